The molecule has 1 amide bonds. The zero-order valence-corrected chi connectivity index (χ0v) is 9.87. The van der Waals surface area contributed by atoms with Crippen LogP contribution in [0.1, 0.15) is 13.8 Å². The molecule has 0 fully saturated rings. The molecule has 0 radical (unpaired) electrons. The lowest BCUT2D eigenvalue weighted by Crippen LogP contribution is -2.29. The van der Waals surface area contributed by atoms with Gasteiger partial charge >= 0.3 is 0 Å². The maximum absolute atomic E-state index is 12.9. The summed E-state index contributed by atoms with van der Waals surface area (Å²) in [5, 5.41) is 11.3. The van der Waals surface area contributed by atoms with E-state index < -0.39 is 17.1 Å². The highest BCUT2D eigenvalue weighted by Crippen LogP contribution is 2.27. The van der Waals surface area contributed by atoms with Crippen molar-refractivity contribution in [3.63, 3.8) is 0 Å². The van der Waals surface area contributed by atoms with E-state index in [0.717, 1.165) is 6.07 Å². The largest absolute Gasteiger partial charge is 0.494 e. The molecule has 0 spiro atoms. The van der Waals surface area contributed by atoms with E-state index in [0.29, 0.717) is 5.69 Å². The third-order valence-corrected chi connectivity index (χ3v) is 2.26. The second kappa shape index (κ2) is 4.83. The molecule has 0 aliphatic rings. The van der Waals surface area contributed by atoms with Crippen molar-refractivity contribution >= 4 is 11.6 Å². The molecular weight excluding hydrogens is 223 g/mol. The average Bonchev–Trinajstić information content (AvgIpc) is 2.31. The monoisotopic (exact) mass is 236 g/mol. The molecule has 0 heterocycles. The first-order chi connectivity index (χ1) is 7.90. The van der Waals surface area contributed by atoms with Gasteiger partial charge in [-0.3, -0.25) is 4.79 Å². The Bertz CT molecular complexity index is 478. The number of nitrogens with one attached hydrogen (secondary N) is 1. The van der Waals surface area contributed by atoms with Crippen LogP contribution >= 0.6 is 0 Å². The topological polar surface area (TPSA) is 62.1 Å². The predicted octanol–water partition coefficient (Wildman–Crippen LogP) is 2.32. The molecule has 1 aromatic rings. The summed E-state index contributed by atoms with van der Waals surface area (Å²) in [6.07, 6.45) is 0. The molecule has 0 unspecified atom stereocenters. The maximum Gasteiger partial charge on any atom is 0.244 e. The summed E-state index contributed by atoms with van der Waals surface area (Å²) in [6, 6.07) is 5.64. The lowest BCUT2D eigenvalue weighted by Gasteiger charge is -2.16. The van der Waals surface area contributed by atoms with Crippen LogP contribution in [0, 0.1) is 22.6 Å². The molecule has 0 aliphatic heterocycles. The zero-order chi connectivity index (χ0) is 13.1. The van der Waals surface area contributed by atoms with Gasteiger partial charge in [-0.2, -0.15) is 5.26 Å². The molecule has 0 atom stereocenters. The molecule has 1 N–H and O–H groups in total. The van der Waals surface area contributed by atoms with Crippen molar-refractivity contribution in [1.82, 2.24) is 0 Å². The first-order valence-electron chi connectivity index (χ1n) is 4.97. The number of nitriles is 1. The number of halogens is 1. The van der Waals surface area contributed by atoms with Gasteiger partial charge in [0.25, 0.3) is 0 Å². The second-order valence-electron chi connectivity index (χ2n) is 4.04. The first-order valence-corrected chi connectivity index (χ1v) is 4.97. The second-order valence-corrected chi connectivity index (χ2v) is 4.04. The number of methoxy groups -OCH3 is 1. The zero-order valence-electron chi connectivity index (χ0n) is 9.87. The van der Waals surface area contributed by atoms with E-state index in [1.165, 1.54) is 33.1 Å². The number of ether oxygens (including phenoxy) is 1. The number of anilines is 1. The van der Waals surface area contributed by atoms with Crippen molar-refractivity contribution in [3.05, 3.63) is 24.0 Å². The average molecular weight is 236 g/mol. The Morgan fingerprint density at radius 1 is 1.53 bits per heavy atom. The summed E-state index contributed by atoms with van der Waals surface area (Å²) in [5.41, 5.74) is -0.818. The van der Waals surface area contributed by atoms with Crippen LogP contribution in [-0.2, 0) is 4.79 Å². The van der Waals surface area contributed by atoms with Crippen LogP contribution in [0.3, 0.4) is 0 Å². The predicted molar refractivity (Wildman–Crippen MR) is 61.0 cm³/mol. The maximum atomic E-state index is 12.9. The molecular formula is C12H13FN2O2. The summed E-state index contributed by atoms with van der Waals surface area (Å²) in [6.45, 7) is 3.00. The van der Waals surface area contributed by atoms with Crippen LogP contribution in [0.5, 0.6) is 5.75 Å². The molecule has 5 heteroatoms. The van der Waals surface area contributed by atoms with Gasteiger partial charge in [0.05, 0.1) is 18.9 Å². The van der Waals surface area contributed by atoms with Crippen molar-refractivity contribution in [3.8, 4) is 11.8 Å². The van der Waals surface area contributed by atoms with Gasteiger partial charge in [-0.05, 0) is 26.0 Å². The van der Waals surface area contributed by atoms with Gasteiger partial charge in [0, 0.05) is 6.07 Å². The van der Waals surface area contributed by atoms with Crippen LogP contribution in [0.15, 0.2) is 18.2 Å². The summed E-state index contributed by atoms with van der Waals surface area (Å²) < 4.78 is 17.9. The standard InChI is InChI=1S/C12H13FN2O2/c1-12(2,7-14)11(16)15-9-5-4-8(13)6-10(9)17-3/h4-6H,1-3H3,(H,15,16). The highest BCUT2D eigenvalue weighted by Gasteiger charge is 2.27. The third-order valence-electron chi connectivity index (χ3n) is 2.26. The van der Waals surface area contributed by atoms with Gasteiger partial charge in [-0.25, -0.2) is 4.39 Å². The number of carbonyl (C=O) groups excluding carboxylic acids is 1. The Kier molecular flexibility index (Phi) is 3.69. The SMILES string of the molecule is COc1cc(F)ccc1NC(=O)C(C)(C)C#N. The van der Waals surface area contributed by atoms with Crippen LogP contribution in [0.25, 0.3) is 0 Å². The molecule has 1 aromatic carbocycles. The molecule has 90 valence electrons. The van der Waals surface area contributed by atoms with Crippen LogP contribution < -0.4 is 10.1 Å². The number of hydrogen-bond acceptors (Lipinski definition) is 3. The number of benzene rings is 1. The lowest BCUT2D eigenvalue weighted by atomic mass is 9.94. The molecule has 0 bridgehead atoms. The van der Waals surface area contributed by atoms with Gasteiger partial charge < -0.3 is 10.1 Å². The fourth-order valence-electron chi connectivity index (χ4n) is 1.10. The van der Waals surface area contributed by atoms with E-state index in [4.69, 9.17) is 10.00 Å². The minimum Gasteiger partial charge on any atom is -0.494 e. The normalized spacial score (nSPS) is 10.5. The van der Waals surface area contributed by atoms with Gasteiger partial charge in [0.1, 0.15) is 17.0 Å². The van der Waals surface area contributed by atoms with E-state index in [1.807, 2.05) is 6.07 Å². The van der Waals surface area contributed by atoms with E-state index in [9.17, 15) is 9.18 Å². The summed E-state index contributed by atoms with van der Waals surface area (Å²) in [7, 11) is 1.37. The number of hydrogen-bond donors (Lipinski definition) is 1. The molecule has 0 saturated carbocycles. The van der Waals surface area contributed by atoms with E-state index in [-0.39, 0.29) is 5.75 Å². The van der Waals surface area contributed by atoms with Gasteiger partial charge in [-0.15, -0.1) is 0 Å². The van der Waals surface area contributed by atoms with Crippen molar-refractivity contribution in [2.24, 2.45) is 5.41 Å². The number of rotatable bonds is 3. The van der Waals surface area contributed by atoms with Crippen molar-refractivity contribution in [2.45, 2.75) is 13.8 Å². The van der Waals surface area contributed by atoms with Crippen LogP contribution in [0.2, 0.25) is 0 Å². The fourth-order valence-corrected chi connectivity index (χ4v) is 1.10. The Balaban J connectivity index is 2.97. The number of carbonyl (C=O) groups is 1. The summed E-state index contributed by atoms with van der Waals surface area (Å²) in [4.78, 5) is 11.7. The quantitative estimate of drug-likeness (QED) is 0.876. The third kappa shape index (κ3) is 2.94. The molecule has 4 nitrogen and oxygen atoms in total. The summed E-state index contributed by atoms with van der Waals surface area (Å²) in [5.74, 6) is -0.712. The lowest BCUT2D eigenvalue weighted by molar-refractivity contribution is -0.121. The molecule has 0 saturated heterocycles. The van der Waals surface area contributed by atoms with Gasteiger partial charge in [0.2, 0.25) is 5.91 Å². The first kappa shape index (κ1) is 13.0. The highest BCUT2D eigenvalue weighted by atomic mass is 19.1. The molecule has 0 aromatic heterocycles. The highest BCUT2D eigenvalue weighted by molar-refractivity contribution is 5.97. The number of nitrogens with zero attached hydrogens (tertiary/aromatic N) is 1. The Labute approximate surface area is 99.0 Å². The van der Waals surface area contributed by atoms with Gasteiger partial charge in [0.15, 0.2) is 0 Å². The van der Waals surface area contributed by atoms with Crippen LogP contribution in [-0.4, -0.2) is 13.0 Å². The fraction of sp³-hybridized carbons (Fsp3) is 0.333. The Morgan fingerprint density at radius 3 is 2.71 bits per heavy atom. The van der Waals surface area contributed by atoms with E-state index in [1.54, 1.807) is 0 Å². The van der Waals surface area contributed by atoms with Crippen molar-refractivity contribution in [1.29, 1.82) is 5.26 Å². The molecule has 17 heavy (non-hydrogen) atoms. The summed E-state index contributed by atoms with van der Waals surface area (Å²) >= 11 is 0. The Morgan fingerprint density at radius 2 is 2.18 bits per heavy atom. The van der Waals surface area contributed by atoms with E-state index in [2.05, 4.69) is 5.32 Å². The minimum absolute atomic E-state index is 0.215. The minimum atomic E-state index is -1.15. The van der Waals surface area contributed by atoms with Gasteiger partial charge in [-0.1, -0.05) is 0 Å². The van der Waals surface area contributed by atoms with E-state index >= 15 is 0 Å². The van der Waals surface area contributed by atoms with Crippen molar-refractivity contribution in [2.75, 3.05) is 12.4 Å². The Hall–Kier alpha value is -2.09. The smallest absolute Gasteiger partial charge is 0.244 e. The molecule has 1 rings (SSSR count). The van der Waals surface area contributed by atoms with Crippen molar-refractivity contribution < 1.29 is 13.9 Å². The van der Waals surface area contributed by atoms with Crippen LogP contribution in [0.4, 0.5) is 10.1 Å². The number of amides is 1. The molecule has 0 aliphatic carbocycles.